The van der Waals surface area contributed by atoms with E-state index < -0.39 is 0 Å². The van der Waals surface area contributed by atoms with Crippen LogP contribution in [0.3, 0.4) is 0 Å². The molecule has 122 valence electrons. The molecule has 0 aromatic carbocycles. The Kier molecular flexibility index (Phi) is 6.13. The Morgan fingerprint density at radius 3 is 2.14 bits per heavy atom. The second-order valence-electron chi connectivity index (χ2n) is 6.97. The van der Waals surface area contributed by atoms with E-state index in [4.69, 9.17) is 18.0 Å². The lowest BCUT2D eigenvalue weighted by molar-refractivity contribution is -0.124. The van der Waals surface area contributed by atoms with Crippen LogP contribution in [-0.4, -0.2) is 64.5 Å². The maximum atomic E-state index is 12.1. The summed E-state index contributed by atoms with van der Waals surface area (Å²) in [6.07, 6.45) is 0.925. The Balaban J connectivity index is 2.44. The van der Waals surface area contributed by atoms with Gasteiger partial charge in [0.2, 0.25) is 5.91 Å². The summed E-state index contributed by atoms with van der Waals surface area (Å²) in [7, 11) is 0. The minimum Gasteiger partial charge on any atom is -0.392 e. The maximum absolute atomic E-state index is 12.1. The van der Waals surface area contributed by atoms with Gasteiger partial charge in [0.1, 0.15) is 0 Å². The lowest BCUT2D eigenvalue weighted by Gasteiger charge is -2.43. The van der Waals surface area contributed by atoms with E-state index in [1.807, 2.05) is 13.8 Å². The summed E-state index contributed by atoms with van der Waals surface area (Å²) >= 11 is 5.14. The number of nitrogens with one attached hydrogen (secondary N) is 1. The van der Waals surface area contributed by atoms with Crippen LogP contribution >= 0.6 is 12.2 Å². The molecule has 1 aliphatic rings. The molecule has 5 nitrogen and oxygen atoms in total. The van der Waals surface area contributed by atoms with E-state index >= 15 is 0 Å². The highest BCUT2D eigenvalue weighted by Crippen LogP contribution is 2.17. The van der Waals surface area contributed by atoms with Gasteiger partial charge in [0, 0.05) is 31.7 Å². The lowest BCUT2D eigenvalue weighted by Crippen LogP contribution is -2.60. The average Bonchev–Trinajstić information content (AvgIpc) is 2.38. The van der Waals surface area contributed by atoms with Gasteiger partial charge in [-0.25, -0.2) is 0 Å². The van der Waals surface area contributed by atoms with Crippen molar-refractivity contribution in [1.82, 2.24) is 15.1 Å². The predicted molar refractivity (Wildman–Crippen MR) is 91.4 cm³/mol. The van der Waals surface area contributed by atoms with Gasteiger partial charge >= 0.3 is 0 Å². The molecule has 0 radical (unpaired) electrons. The van der Waals surface area contributed by atoms with Gasteiger partial charge in [0.05, 0.1) is 17.1 Å². The minimum absolute atomic E-state index is 0.101. The first-order valence-corrected chi connectivity index (χ1v) is 8.07. The van der Waals surface area contributed by atoms with E-state index in [0.717, 1.165) is 32.6 Å². The number of amides is 1. The van der Waals surface area contributed by atoms with Gasteiger partial charge in [-0.15, -0.1) is 0 Å². The molecule has 1 amide bonds. The van der Waals surface area contributed by atoms with Gasteiger partial charge < -0.3 is 11.1 Å². The lowest BCUT2D eigenvalue weighted by atomic mass is 10.0. The number of nitrogens with zero attached hydrogens (tertiary/aromatic N) is 2. The molecule has 0 aromatic heterocycles. The molecule has 3 N–H and O–H groups in total. The third-order valence-corrected chi connectivity index (χ3v) is 4.99. The number of rotatable bonds is 6. The third-order valence-electron chi connectivity index (χ3n) is 4.49. The van der Waals surface area contributed by atoms with Gasteiger partial charge in [0.15, 0.2) is 0 Å². The molecule has 1 rings (SSSR count). The zero-order valence-corrected chi connectivity index (χ0v) is 14.8. The number of piperazine rings is 1. The Hall–Kier alpha value is -0.720. The molecule has 21 heavy (non-hydrogen) atoms. The van der Waals surface area contributed by atoms with Crippen molar-refractivity contribution in [2.45, 2.75) is 52.1 Å². The highest BCUT2D eigenvalue weighted by atomic mass is 32.1. The molecule has 1 fully saturated rings. The van der Waals surface area contributed by atoms with Crippen LogP contribution in [0, 0.1) is 0 Å². The van der Waals surface area contributed by atoms with Crippen LogP contribution in [0.5, 0.6) is 0 Å². The first-order valence-electron chi connectivity index (χ1n) is 7.67. The average molecular weight is 314 g/mol. The van der Waals surface area contributed by atoms with Crippen molar-refractivity contribution in [1.29, 1.82) is 0 Å². The summed E-state index contributed by atoms with van der Waals surface area (Å²) in [5, 5.41) is 3.08. The summed E-state index contributed by atoms with van der Waals surface area (Å²) in [6, 6.07) is 0. The Bertz CT molecular complexity index is 387. The Morgan fingerprint density at radius 2 is 1.71 bits per heavy atom. The zero-order valence-electron chi connectivity index (χ0n) is 14.0. The zero-order chi connectivity index (χ0) is 16.3. The Labute approximate surface area is 134 Å². The van der Waals surface area contributed by atoms with Crippen molar-refractivity contribution < 1.29 is 4.79 Å². The van der Waals surface area contributed by atoms with Crippen molar-refractivity contribution in [3.05, 3.63) is 0 Å². The fraction of sp³-hybridized carbons (Fsp3) is 0.867. The van der Waals surface area contributed by atoms with E-state index in [2.05, 4.69) is 35.9 Å². The van der Waals surface area contributed by atoms with Crippen molar-refractivity contribution in [3.8, 4) is 0 Å². The predicted octanol–water partition coefficient (Wildman–Crippen LogP) is 0.974. The van der Waals surface area contributed by atoms with E-state index in [1.165, 1.54) is 0 Å². The van der Waals surface area contributed by atoms with Gasteiger partial charge in [0.25, 0.3) is 0 Å². The first-order chi connectivity index (χ1) is 9.58. The summed E-state index contributed by atoms with van der Waals surface area (Å²) in [6.45, 7) is 14.3. The van der Waals surface area contributed by atoms with Crippen LogP contribution in [0.4, 0.5) is 0 Å². The molecule has 0 spiro atoms. The molecule has 0 saturated carbocycles. The Morgan fingerprint density at radius 1 is 1.19 bits per heavy atom. The molecule has 0 aromatic rings. The summed E-state index contributed by atoms with van der Waals surface area (Å²) in [4.78, 5) is 17.1. The molecule has 0 bridgehead atoms. The fourth-order valence-electron chi connectivity index (χ4n) is 2.33. The van der Waals surface area contributed by atoms with Gasteiger partial charge in [-0.2, -0.15) is 0 Å². The van der Waals surface area contributed by atoms with Gasteiger partial charge in [-0.3, -0.25) is 14.6 Å². The monoisotopic (exact) mass is 314 g/mol. The van der Waals surface area contributed by atoms with Crippen LogP contribution < -0.4 is 11.1 Å². The van der Waals surface area contributed by atoms with Crippen molar-refractivity contribution >= 4 is 23.1 Å². The SMILES string of the molecule is CCC(C)(C)NC(=O)CN1CCN(C(C)(C)C(N)=S)CC1. The van der Waals surface area contributed by atoms with Gasteiger partial charge in [-0.05, 0) is 34.1 Å². The number of hydrogen-bond donors (Lipinski definition) is 2. The quantitative estimate of drug-likeness (QED) is 0.716. The molecular weight excluding hydrogens is 284 g/mol. The van der Waals surface area contributed by atoms with Crippen molar-refractivity contribution in [3.63, 3.8) is 0 Å². The summed E-state index contributed by atoms with van der Waals surface area (Å²) in [5.74, 6) is 0.101. The molecule has 1 aliphatic heterocycles. The molecule has 0 aliphatic carbocycles. The highest BCUT2D eigenvalue weighted by molar-refractivity contribution is 7.80. The second kappa shape index (κ2) is 7.03. The van der Waals surface area contributed by atoms with Crippen LogP contribution in [0.15, 0.2) is 0 Å². The van der Waals surface area contributed by atoms with E-state index in [1.54, 1.807) is 0 Å². The third kappa shape index (κ3) is 5.20. The van der Waals surface area contributed by atoms with Crippen LogP contribution in [0.1, 0.15) is 41.0 Å². The molecule has 1 saturated heterocycles. The minimum atomic E-state index is -0.256. The van der Waals surface area contributed by atoms with Crippen LogP contribution in [-0.2, 0) is 4.79 Å². The maximum Gasteiger partial charge on any atom is 0.234 e. The van der Waals surface area contributed by atoms with E-state index in [9.17, 15) is 4.79 Å². The van der Waals surface area contributed by atoms with Gasteiger partial charge in [-0.1, -0.05) is 19.1 Å². The summed E-state index contributed by atoms with van der Waals surface area (Å²) < 4.78 is 0. The topological polar surface area (TPSA) is 61.6 Å². The van der Waals surface area contributed by atoms with E-state index in [0.29, 0.717) is 11.5 Å². The second-order valence-corrected chi connectivity index (χ2v) is 7.41. The largest absolute Gasteiger partial charge is 0.392 e. The number of thiocarbonyl (C=S) groups is 1. The molecule has 0 atom stereocenters. The number of hydrogen-bond acceptors (Lipinski definition) is 4. The van der Waals surface area contributed by atoms with Crippen LogP contribution in [0.2, 0.25) is 0 Å². The van der Waals surface area contributed by atoms with E-state index in [-0.39, 0.29) is 17.0 Å². The van der Waals surface area contributed by atoms with Crippen LogP contribution in [0.25, 0.3) is 0 Å². The molecule has 6 heteroatoms. The number of carbonyl (C=O) groups is 1. The normalized spacial score (nSPS) is 18.5. The summed E-state index contributed by atoms with van der Waals surface area (Å²) in [5.41, 5.74) is 5.42. The number of carbonyl (C=O) groups excluding carboxylic acids is 1. The molecule has 0 unspecified atom stereocenters. The van der Waals surface area contributed by atoms with Crippen molar-refractivity contribution in [2.24, 2.45) is 5.73 Å². The smallest absolute Gasteiger partial charge is 0.234 e. The highest BCUT2D eigenvalue weighted by Gasteiger charge is 2.32. The van der Waals surface area contributed by atoms with Crippen molar-refractivity contribution in [2.75, 3.05) is 32.7 Å². The molecular formula is C15H30N4OS. The first kappa shape index (κ1) is 18.3. The molecule has 1 heterocycles. The fourth-order valence-corrected chi connectivity index (χ4v) is 2.46. The standard InChI is InChI=1S/C15H30N4OS/c1-6-14(2,3)17-12(20)11-18-7-9-19(10-8-18)15(4,5)13(16)21/h6-11H2,1-5H3,(H2,16,21)(H,17,20). The number of nitrogens with two attached hydrogens (primary N) is 1.